The zero-order valence-corrected chi connectivity index (χ0v) is 17.9. The van der Waals surface area contributed by atoms with Gasteiger partial charge in [0.15, 0.2) is 5.60 Å². The molecule has 4 rings (SSSR count). The van der Waals surface area contributed by atoms with Crippen molar-refractivity contribution in [3.63, 3.8) is 0 Å². The number of hydrogen-bond donors (Lipinski definition) is 1. The van der Waals surface area contributed by atoms with Crippen molar-refractivity contribution in [1.82, 2.24) is 10.2 Å². The van der Waals surface area contributed by atoms with Crippen molar-refractivity contribution in [2.45, 2.75) is 55.1 Å². The summed E-state index contributed by atoms with van der Waals surface area (Å²) >= 11 is 13.6. The minimum Gasteiger partial charge on any atom is -0.478 e. The number of benzene rings is 1. The summed E-state index contributed by atoms with van der Waals surface area (Å²) < 4.78 is 10.8. The van der Waals surface area contributed by atoms with E-state index in [1.54, 1.807) is 13.8 Å². The third kappa shape index (κ3) is 4.27. The fraction of sp³-hybridized carbons (Fsp3) is 0.526. The van der Waals surface area contributed by atoms with Gasteiger partial charge in [0.05, 0.1) is 0 Å². The van der Waals surface area contributed by atoms with Gasteiger partial charge >= 0.3 is 0 Å². The average Bonchev–Trinajstić information content (AvgIpc) is 3.07. The number of aromatic nitrogens is 2. The van der Waals surface area contributed by atoms with Crippen LogP contribution in [0.2, 0.25) is 0 Å². The summed E-state index contributed by atoms with van der Waals surface area (Å²) in [6.45, 7) is 4.16. The van der Waals surface area contributed by atoms with Gasteiger partial charge in [-0.2, -0.15) is 0 Å². The van der Waals surface area contributed by atoms with E-state index < -0.39 is 9.93 Å². The number of hydrogen-bond acceptors (Lipinski definition) is 6. The normalized spacial score (nSPS) is 23.4. The third-order valence-electron chi connectivity index (χ3n) is 4.89. The van der Waals surface area contributed by atoms with Gasteiger partial charge in [0.1, 0.15) is 21.2 Å². The maximum Gasteiger partial charge on any atom is 0.269 e. The number of halogens is 2. The van der Waals surface area contributed by atoms with Crippen LogP contribution in [0.1, 0.15) is 55.7 Å². The number of nitrogens with one attached hydrogen (secondary N) is 1. The first-order chi connectivity index (χ1) is 13.2. The van der Waals surface area contributed by atoms with Gasteiger partial charge in [-0.05, 0) is 50.8 Å². The second-order valence-corrected chi connectivity index (χ2v) is 10.2. The van der Waals surface area contributed by atoms with E-state index in [1.807, 2.05) is 24.3 Å². The molecule has 2 aromatic rings. The van der Waals surface area contributed by atoms with Crippen molar-refractivity contribution < 1.29 is 14.3 Å². The van der Waals surface area contributed by atoms with Gasteiger partial charge in [-0.3, -0.25) is 10.1 Å². The molecule has 0 unspecified atom stereocenters. The molecule has 0 radical (unpaired) electrons. The van der Waals surface area contributed by atoms with Gasteiger partial charge in [-0.15, -0.1) is 33.4 Å². The predicted molar refractivity (Wildman–Crippen MR) is 109 cm³/mol. The van der Waals surface area contributed by atoms with E-state index in [2.05, 4.69) is 15.5 Å². The van der Waals surface area contributed by atoms with Crippen LogP contribution < -0.4 is 10.1 Å². The number of ether oxygens (including phenoxy) is 2. The molecule has 1 saturated heterocycles. The van der Waals surface area contributed by atoms with Crippen LogP contribution in [-0.4, -0.2) is 32.6 Å². The molecule has 2 atom stereocenters. The highest BCUT2D eigenvalue weighted by Gasteiger charge is 2.52. The monoisotopic (exact) mass is 441 g/mol. The lowest BCUT2D eigenvalue weighted by atomic mass is 10.1. The number of carbonyl (C=O) groups excluding carboxylic acids is 1. The van der Waals surface area contributed by atoms with Crippen molar-refractivity contribution in [2.75, 3.05) is 11.9 Å². The molecule has 1 N–H and O–H groups in total. The minimum atomic E-state index is -1.08. The van der Waals surface area contributed by atoms with Crippen LogP contribution in [-0.2, 0) is 9.53 Å². The summed E-state index contributed by atoms with van der Waals surface area (Å²) in [5.74, 6) is 0.447. The van der Waals surface area contributed by atoms with E-state index in [0.717, 1.165) is 36.4 Å². The predicted octanol–water partition coefficient (Wildman–Crippen LogP) is 4.85. The molecule has 2 aliphatic rings. The largest absolute Gasteiger partial charge is 0.478 e. The third-order valence-corrected chi connectivity index (χ3v) is 6.66. The molecule has 2 heterocycles. The quantitative estimate of drug-likeness (QED) is 0.648. The van der Waals surface area contributed by atoms with Gasteiger partial charge in [0.2, 0.25) is 5.13 Å². The average molecular weight is 442 g/mol. The van der Waals surface area contributed by atoms with Crippen LogP contribution in [0.4, 0.5) is 5.13 Å². The number of amides is 1. The number of nitrogens with zero attached hydrogens (tertiary/aromatic N) is 2. The minimum absolute atomic E-state index is 0.0166. The lowest BCUT2D eigenvalue weighted by molar-refractivity contribution is -0.128. The molecular weight excluding hydrogens is 421 g/mol. The zero-order valence-electron chi connectivity index (χ0n) is 15.6. The highest BCUT2D eigenvalue weighted by molar-refractivity contribution is 7.15. The number of carbonyl (C=O) groups is 1. The van der Waals surface area contributed by atoms with Gasteiger partial charge in [-0.1, -0.05) is 23.5 Å². The standard InChI is InChI=1S/C19H21Cl2N3O3S/c1-18(2,27-12-7-5-11(6-8-12)13-10-19(13,20)21)16(25)22-17-24-23-15(28-17)14-4-3-9-26-14/h5-8,13-14H,3-4,9-10H2,1-2H3,(H,22,24,25)/t13-,14-/m1/s1. The Bertz CT molecular complexity index is 864. The molecule has 2 fully saturated rings. The molecule has 1 saturated carbocycles. The lowest BCUT2D eigenvalue weighted by Crippen LogP contribution is -2.42. The number of alkyl halides is 2. The summed E-state index contributed by atoms with van der Waals surface area (Å²) in [6.07, 6.45) is 2.68. The number of anilines is 1. The Morgan fingerprint density at radius 2 is 2.04 bits per heavy atom. The van der Waals surface area contributed by atoms with Gasteiger partial charge < -0.3 is 9.47 Å². The molecule has 1 aliphatic carbocycles. The molecule has 28 heavy (non-hydrogen) atoms. The molecular formula is C19H21Cl2N3O3S. The Morgan fingerprint density at radius 3 is 2.64 bits per heavy atom. The molecule has 1 aromatic heterocycles. The van der Waals surface area contributed by atoms with E-state index >= 15 is 0 Å². The van der Waals surface area contributed by atoms with E-state index in [0.29, 0.717) is 10.9 Å². The Morgan fingerprint density at radius 1 is 1.32 bits per heavy atom. The van der Waals surface area contributed by atoms with E-state index in [9.17, 15) is 4.79 Å². The maximum atomic E-state index is 12.7. The fourth-order valence-electron chi connectivity index (χ4n) is 3.12. The molecule has 6 nitrogen and oxygen atoms in total. The number of rotatable bonds is 6. The molecule has 1 aliphatic heterocycles. The van der Waals surface area contributed by atoms with Crippen molar-refractivity contribution in [2.24, 2.45) is 0 Å². The molecule has 9 heteroatoms. The van der Waals surface area contributed by atoms with Crippen LogP contribution in [0, 0.1) is 0 Å². The summed E-state index contributed by atoms with van der Waals surface area (Å²) in [4.78, 5) is 12.7. The van der Waals surface area contributed by atoms with Crippen LogP contribution >= 0.6 is 34.5 Å². The van der Waals surface area contributed by atoms with E-state index in [1.165, 1.54) is 11.3 Å². The fourth-order valence-corrected chi connectivity index (χ4v) is 4.50. The maximum absolute atomic E-state index is 12.7. The second-order valence-electron chi connectivity index (χ2n) is 7.60. The Kier molecular flexibility index (Phi) is 5.29. The lowest BCUT2D eigenvalue weighted by Gasteiger charge is -2.24. The summed E-state index contributed by atoms with van der Waals surface area (Å²) in [7, 11) is 0. The van der Waals surface area contributed by atoms with Gasteiger partial charge in [-0.25, -0.2) is 0 Å². The summed E-state index contributed by atoms with van der Waals surface area (Å²) in [5.41, 5.74) is -0.0189. The first-order valence-electron chi connectivity index (χ1n) is 9.18. The van der Waals surface area contributed by atoms with Crippen molar-refractivity contribution in [3.8, 4) is 5.75 Å². The van der Waals surface area contributed by atoms with Crippen molar-refractivity contribution in [3.05, 3.63) is 34.8 Å². The summed E-state index contributed by atoms with van der Waals surface area (Å²) in [5, 5.41) is 12.2. The highest BCUT2D eigenvalue weighted by Crippen LogP contribution is 2.59. The molecule has 150 valence electrons. The van der Waals surface area contributed by atoms with Crippen LogP contribution in [0.3, 0.4) is 0 Å². The first-order valence-corrected chi connectivity index (χ1v) is 10.8. The highest BCUT2D eigenvalue weighted by atomic mass is 35.5. The molecule has 0 spiro atoms. The van der Waals surface area contributed by atoms with Crippen LogP contribution in [0.5, 0.6) is 5.75 Å². The van der Waals surface area contributed by atoms with Gasteiger partial charge in [0, 0.05) is 12.5 Å². The topological polar surface area (TPSA) is 73.3 Å². The molecule has 0 bridgehead atoms. The van der Waals surface area contributed by atoms with Crippen molar-refractivity contribution >= 4 is 45.6 Å². The molecule has 1 amide bonds. The summed E-state index contributed by atoms with van der Waals surface area (Å²) in [6, 6.07) is 7.51. The Labute approximate surface area is 177 Å². The molecule has 1 aromatic carbocycles. The second kappa shape index (κ2) is 7.44. The van der Waals surface area contributed by atoms with Crippen LogP contribution in [0.15, 0.2) is 24.3 Å². The van der Waals surface area contributed by atoms with E-state index in [4.69, 9.17) is 32.7 Å². The smallest absolute Gasteiger partial charge is 0.269 e. The Hall–Kier alpha value is -1.41. The Balaban J connectivity index is 1.36. The zero-order chi connectivity index (χ0) is 19.9. The van der Waals surface area contributed by atoms with E-state index in [-0.39, 0.29) is 17.9 Å². The first kappa shape index (κ1) is 19.9. The van der Waals surface area contributed by atoms with Crippen molar-refractivity contribution in [1.29, 1.82) is 0 Å². The van der Waals surface area contributed by atoms with Gasteiger partial charge in [0.25, 0.3) is 5.91 Å². The SMILES string of the molecule is CC(C)(Oc1ccc([C@H]2CC2(Cl)Cl)cc1)C(=O)Nc1nnc([C@H]2CCCO2)s1. The van der Waals surface area contributed by atoms with Crippen LogP contribution in [0.25, 0.3) is 0 Å².